The van der Waals surface area contributed by atoms with E-state index in [1.54, 1.807) is 27.7 Å². The maximum absolute atomic E-state index is 12.7. The van der Waals surface area contributed by atoms with Gasteiger partial charge < -0.3 is 0 Å². The van der Waals surface area contributed by atoms with Gasteiger partial charge in [0.15, 0.2) is 5.16 Å². The molecule has 0 unspecified atom stereocenters. The third kappa shape index (κ3) is 2.52. The molecule has 5 nitrogen and oxygen atoms in total. The van der Waals surface area contributed by atoms with E-state index < -0.39 is 0 Å². The van der Waals surface area contributed by atoms with Crippen LogP contribution in [0.15, 0.2) is 22.2 Å². The second kappa shape index (κ2) is 5.79. The molecule has 0 spiro atoms. The predicted octanol–water partition coefficient (Wildman–Crippen LogP) is 2.55. The molecule has 1 aliphatic carbocycles. The van der Waals surface area contributed by atoms with Crippen LogP contribution in [-0.4, -0.2) is 25.1 Å². The summed E-state index contributed by atoms with van der Waals surface area (Å²) < 4.78 is 3.60. The topological polar surface area (TPSA) is 52.7 Å². The highest BCUT2D eigenvalue weighted by molar-refractivity contribution is 7.99. The van der Waals surface area contributed by atoms with Gasteiger partial charge in [-0.2, -0.15) is 5.10 Å². The molecular weight excluding hydrogens is 328 g/mol. The van der Waals surface area contributed by atoms with E-state index in [1.165, 1.54) is 22.6 Å². The van der Waals surface area contributed by atoms with Crippen LogP contribution in [0.5, 0.6) is 0 Å². The van der Waals surface area contributed by atoms with Crippen LogP contribution in [0.2, 0.25) is 0 Å². The molecule has 0 atom stereocenters. The molecule has 1 aliphatic rings. The monoisotopic (exact) mass is 346 g/mol. The standard InChI is InChI=1S/C16H18N4OS2/c1-19-15(21)13-11-4-3-5-12(11)23-14(13)18-16(19)22-9-7-10-6-8-17-20(10)2/h6,8H,3-5,7,9H2,1-2H3. The average Bonchev–Trinajstić information content (AvgIpc) is 3.20. The fourth-order valence-corrected chi connectivity index (χ4v) is 5.36. The second-order valence-corrected chi connectivity index (χ2v) is 7.99. The van der Waals surface area contributed by atoms with Crippen LogP contribution in [0.3, 0.4) is 0 Å². The summed E-state index contributed by atoms with van der Waals surface area (Å²) in [4.78, 5) is 19.8. The van der Waals surface area contributed by atoms with Gasteiger partial charge in [-0.1, -0.05) is 11.8 Å². The number of thiophene rings is 1. The van der Waals surface area contributed by atoms with E-state index in [2.05, 4.69) is 5.10 Å². The minimum atomic E-state index is 0.109. The summed E-state index contributed by atoms with van der Waals surface area (Å²) >= 11 is 3.35. The molecule has 0 saturated heterocycles. The van der Waals surface area contributed by atoms with Crippen molar-refractivity contribution in [1.29, 1.82) is 0 Å². The van der Waals surface area contributed by atoms with Crippen LogP contribution < -0.4 is 5.56 Å². The number of rotatable bonds is 4. The van der Waals surface area contributed by atoms with Crippen molar-refractivity contribution >= 4 is 33.3 Å². The lowest BCUT2D eigenvalue weighted by atomic mass is 10.2. The van der Waals surface area contributed by atoms with Crippen molar-refractivity contribution in [3.05, 3.63) is 38.8 Å². The first-order valence-electron chi connectivity index (χ1n) is 7.76. The first-order chi connectivity index (χ1) is 11.1. The summed E-state index contributed by atoms with van der Waals surface area (Å²) in [6.45, 7) is 0. The zero-order valence-corrected chi connectivity index (χ0v) is 14.8. The first-order valence-corrected chi connectivity index (χ1v) is 9.56. The minimum Gasteiger partial charge on any atom is -0.290 e. The van der Waals surface area contributed by atoms with Crippen molar-refractivity contribution in [3.8, 4) is 0 Å². The van der Waals surface area contributed by atoms with Gasteiger partial charge in [-0.15, -0.1) is 11.3 Å². The Morgan fingerprint density at radius 2 is 2.22 bits per heavy atom. The number of hydrogen-bond donors (Lipinski definition) is 0. The molecule has 7 heteroatoms. The smallest absolute Gasteiger partial charge is 0.262 e. The molecule has 23 heavy (non-hydrogen) atoms. The van der Waals surface area contributed by atoms with Crippen LogP contribution in [0, 0.1) is 0 Å². The van der Waals surface area contributed by atoms with Gasteiger partial charge in [-0.3, -0.25) is 14.0 Å². The van der Waals surface area contributed by atoms with Crippen molar-refractivity contribution in [3.63, 3.8) is 0 Å². The number of fused-ring (bicyclic) bond motifs is 3. The second-order valence-electron chi connectivity index (χ2n) is 5.84. The van der Waals surface area contributed by atoms with Crippen molar-refractivity contribution in [2.24, 2.45) is 14.1 Å². The molecule has 3 heterocycles. The molecule has 3 aromatic rings. The Balaban J connectivity index is 1.62. The quantitative estimate of drug-likeness (QED) is 0.538. The molecule has 0 N–H and O–H groups in total. The van der Waals surface area contributed by atoms with Crippen LogP contribution >= 0.6 is 23.1 Å². The number of nitrogens with zero attached hydrogens (tertiary/aromatic N) is 4. The van der Waals surface area contributed by atoms with E-state index in [1.807, 2.05) is 31.0 Å². The van der Waals surface area contributed by atoms with Crippen molar-refractivity contribution < 1.29 is 0 Å². The summed E-state index contributed by atoms with van der Waals surface area (Å²) in [7, 11) is 3.79. The Hall–Kier alpha value is -1.60. The van der Waals surface area contributed by atoms with Crippen molar-refractivity contribution in [2.75, 3.05) is 5.75 Å². The number of thioether (sulfide) groups is 1. The lowest BCUT2D eigenvalue weighted by molar-refractivity contribution is 0.714. The fourth-order valence-electron chi connectivity index (χ4n) is 3.13. The maximum atomic E-state index is 12.7. The number of hydrogen-bond acceptors (Lipinski definition) is 5. The first kappa shape index (κ1) is 15.0. The zero-order valence-electron chi connectivity index (χ0n) is 13.2. The Morgan fingerprint density at radius 1 is 1.35 bits per heavy atom. The highest BCUT2D eigenvalue weighted by Gasteiger charge is 2.22. The van der Waals surface area contributed by atoms with Gasteiger partial charge in [-0.05, 0) is 37.3 Å². The molecule has 0 aromatic carbocycles. The van der Waals surface area contributed by atoms with Gasteiger partial charge >= 0.3 is 0 Å². The van der Waals surface area contributed by atoms with Crippen molar-refractivity contribution in [1.82, 2.24) is 19.3 Å². The van der Waals surface area contributed by atoms with Gasteiger partial charge in [0, 0.05) is 36.6 Å². The predicted molar refractivity (Wildman–Crippen MR) is 94.5 cm³/mol. The summed E-state index contributed by atoms with van der Waals surface area (Å²) in [5.74, 6) is 0.885. The van der Waals surface area contributed by atoms with Crippen LogP contribution in [0.1, 0.15) is 22.6 Å². The summed E-state index contributed by atoms with van der Waals surface area (Å²) in [5, 5.41) is 5.85. The molecular formula is C16H18N4OS2. The van der Waals surface area contributed by atoms with Gasteiger partial charge in [0.1, 0.15) is 4.83 Å². The molecule has 0 bridgehead atoms. The van der Waals surface area contributed by atoms with E-state index in [0.717, 1.165) is 40.4 Å². The summed E-state index contributed by atoms with van der Waals surface area (Å²) in [5.41, 5.74) is 2.56. The van der Waals surface area contributed by atoms with E-state index in [0.29, 0.717) is 0 Å². The van der Waals surface area contributed by atoms with Crippen molar-refractivity contribution in [2.45, 2.75) is 30.8 Å². The molecule has 4 rings (SSSR count). The Kier molecular flexibility index (Phi) is 3.77. The number of aromatic nitrogens is 4. The molecule has 0 radical (unpaired) electrons. The fraction of sp³-hybridized carbons (Fsp3) is 0.438. The molecule has 0 saturated carbocycles. The lowest BCUT2D eigenvalue weighted by Gasteiger charge is -2.07. The molecule has 0 fully saturated rings. The molecule has 3 aromatic heterocycles. The zero-order chi connectivity index (χ0) is 16.0. The van der Waals surface area contributed by atoms with E-state index in [-0.39, 0.29) is 5.56 Å². The van der Waals surface area contributed by atoms with Gasteiger partial charge in [-0.25, -0.2) is 4.98 Å². The van der Waals surface area contributed by atoms with Gasteiger partial charge in [0.05, 0.1) is 5.39 Å². The van der Waals surface area contributed by atoms with E-state index >= 15 is 0 Å². The molecule has 0 aliphatic heterocycles. The van der Waals surface area contributed by atoms with E-state index in [4.69, 9.17) is 4.98 Å². The van der Waals surface area contributed by atoms with Crippen LogP contribution in [0.4, 0.5) is 0 Å². The number of aryl methyl sites for hydroxylation is 4. The van der Waals surface area contributed by atoms with E-state index in [9.17, 15) is 4.79 Å². The Bertz CT molecular complexity index is 938. The van der Waals surface area contributed by atoms with Crippen LogP contribution in [0.25, 0.3) is 10.2 Å². The average molecular weight is 346 g/mol. The third-order valence-electron chi connectivity index (χ3n) is 4.42. The van der Waals surface area contributed by atoms with Gasteiger partial charge in [0.25, 0.3) is 5.56 Å². The Labute approximate surface area is 142 Å². The largest absolute Gasteiger partial charge is 0.290 e. The summed E-state index contributed by atoms with van der Waals surface area (Å²) in [6, 6.07) is 2.03. The van der Waals surface area contributed by atoms with Crippen LogP contribution in [-0.2, 0) is 33.4 Å². The van der Waals surface area contributed by atoms with Gasteiger partial charge in [0.2, 0.25) is 0 Å². The Morgan fingerprint density at radius 3 is 3.00 bits per heavy atom. The normalized spacial score (nSPS) is 13.8. The highest BCUT2D eigenvalue weighted by atomic mass is 32.2. The SMILES string of the molecule is Cn1nccc1CCSc1nc2sc3c(c2c(=O)n1C)CCC3. The molecule has 120 valence electrons. The highest BCUT2D eigenvalue weighted by Crippen LogP contribution is 2.35. The molecule has 0 amide bonds. The maximum Gasteiger partial charge on any atom is 0.262 e. The third-order valence-corrected chi connectivity index (χ3v) is 6.63. The summed E-state index contributed by atoms with van der Waals surface area (Å²) in [6.07, 6.45) is 6.02. The minimum absolute atomic E-state index is 0.109. The lowest BCUT2D eigenvalue weighted by Crippen LogP contribution is -2.20.